The molecule has 0 spiro atoms. The molecule has 1 aliphatic rings. The van der Waals surface area contributed by atoms with Crippen molar-refractivity contribution in [3.8, 4) is 0 Å². The van der Waals surface area contributed by atoms with Crippen LogP contribution in [0.15, 0.2) is 11.4 Å². The van der Waals surface area contributed by atoms with Crippen LogP contribution >= 0.6 is 11.3 Å². The zero-order valence-corrected chi connectivity index (χ0v) is 13.0. The van der Waals surface area contributed by atoms with Gasteiger partial charge >= 0.3 is 0 Å². The third kappa shape index (κ3) is 3.03. The summed E-state index contributed by atoms with van der Waals surface area (Å²) in [5.41, 5.74) is 0. The largest absolute Gasteiger partial charge is 0.369 e. The van der Waals surface area contributed by atoms with Crippen LogP contribution < -0.4 is 10.6 Å². The molecule has 0 bridgehead atoms. The Morgan fingerprint density at radius 2 is 2.20 bits per heavy atom. The Bertz CT molecular complexity index is 576. The first-order valence-corrected chi connectivity index (χ1v) is 8.39. The zero-order chi connectivity index (χ0) is 13.9. The fourth-order valence-electron chi connectivity index (χ4n) is 2.40. The number of nitrogens with one attached hydrogen (secondary N) is 2. The molecule has 1 atom stereocenters. The molecule has 0 aromatic carbocycles. The number of aromatic nitrogens is 2. The maximum Gasteiger partial charge on any atom is 0.226 e. The van der Waals surface area contributed by atoms with Crippen molar-refractivity contribution in [3.05, 3.63) is 11.4 Å². The lowest BCUT2D eigenvalue weighted by Crippen LogP contribution is -2.15. The van der Waals surface area contributed by atoms with Crippen molar-refractivity contribution >= 4 is 33.3 Å². The van der Waals surface area contributed by atoms with Gasteiger partial charge in [0.2, 0.25) is 5.95 Å². The van der Waals surface area contributed by atoms with Gasteiger partial charge in [0, 0.05) is 13.1 Å². The second kappa shape index (κ2) is 5.95. The highest BCUT2D eigenvalue weighted by Gasteiger charge is 2.27. The Balaban J connectivity index is 1.77. The van der Waals surface area contributed by atoms with Crippen LogP contribution in [0.3, 0.4) is 0 Å². The number of fused-ring (bicyclic) bond motifs is 1. The first-order valence-electron chi connectivity index (χ1n) is 7.51. The standard InChI is InChI=1S/C15H22N4S/c1-3-7-16-15-18-13(12-6-8-20-14(12)19-15)17-9-10(2)11-4-5-11/h6,8,10-11H,3-5,7,9H2,1-2H3,(H2,16,17,18,19). The van der Waals surface area contributed by atoms with Gasteiger partial charge in [0.05, 0.1) is 5.39 Å². The fraction of sp³-hybridized carbons (Fsp3) is 0.600. The zero-order valence-electron chi connectivity index (χ0n) is 12.1. The second-order valence-electron chi connectivity index (χ2n) is 5.66. The second-order valence-corrected chi connectivity index (χ2v) is 6.55. The highest BCUT2D eigenvalue weighted by molar-refractivity contribution is 7.16. The van der Waals surface area contributed by atoms with Crippen molar-refractivity contribution < 1.29 is 0 Å². The lowest BCUT2D eigenvalue weighted by molar-refractivity contribution is 0.536. The molecular formula is C15H22N4S. The Hall–Kier alpha value is -1.36. The van der Waals surface area contributed by atoms with Crippen LogP contribution in [0.25, 0.3) is 10.2 Å². The van der Waals surface area contributed by atoms with Gasteiger partial charge in [-0.3, -0.25) is 0 Å². The Morgan fingerprint density at radius 1 is 1.35 bits per heavy atom. The van der Waals surface area contributed by atoms with Crippen LogP contribution in [0.1, 0.15) is 33.1 Å². The number of thiophene rings is 1. The van der Waals surface area contributed by atoms with E-state index in [0.29, 0.717) is 0 Å². The van der Waals surface area contributed by atoms with Gasteiger partial charge in [-0.15, -0.1) is 11.3 Å². The summed E-state index contributed by atoms with van der Waals surface area (Å²) in [6.07, 6.45) is 3.86. The SMILES string of the molecule is CCCNc1nc(NCC(C)C2CC2)c2ccsc2n1. The molecule has 1 aliphatic carbocycles. The molecule has 20 heavy (non-hydrogen) atoms. The van der Waals surface area contributed by atoms with Gasteiger partial charge in [-0.05, 0) is 42.5 Å². The van der Waals surface area contributed by atoms with Crippen LogP contribution in [0.5, 0.6) is 0 Å². The number of hydrogen-bond acceptors (Lipinski definition) is 5. The van der Waals surface area contributed by atoms with Crippen molar-refractivity contribution in [1.82, 2.24) is 9.97 Å². The molecule has 0 radical (unpaired) electrons. The average molecular weight is 290 g/mol. The number of rotatable bonds is 7. The Kier molecular flexibility index (Phi) is 4.05. The molecule has 1 unspecified atom stereocenters. The number of anilines is 2. The molecular weight excluding hydrogens is 268 g/mol. The molecule has 5 heteroatoms. The Morgan fingerprint density at radius 3 is 2.95 bits per heavy atom. The molecule has 3 rings (SSSR count). The molecule has 2 aromatic rings. The molecule has 2 heterocycles. The molecule has 2 N–H and O–H groups in total. The monoisotopic (exact) mass is 290 g/mol. The van der Waals surface area contributed by atoms with E-state index in [1.165, 1.54) is 12.8 Å². The maximum atomic E-state index is 4.64. The predicted octanol–water partition coefficient (Wildman–Crippen LogP) is 3.97. The van der Waals surface area contributed by atoms with Gasteiger partial charge in [-0.25, -0.2) is 4.98 Å². The van der Waals surface area contributed by atoms with E-state index in [9.17, 15) is 0 Å². The summed E-state index contributed by atoms with van der Waals surface area (Å²) in [5, 5.41) is 10.0. The van der Waals surface area contributed by atoms with Crippen molar-refractivity contribution in [2.75, 3.05) is 23.7 Å². The normalized spacial score (nSPS) is 16.3. The summed E-state index contributed by atoms with van der Waals surface area (Å²) in [6, 6.07) is 2.10. The molecule has 2 aromatic heterocycles. The lowest BCUT2D eigenvalue weighted by Gasteiger charge is -2.13. The molecule has 4 nitrogen and oxygen atoms in total. The van der Waals surface area contributed by atoms with Crippen molar-refractivity contribution in [2.45, 2.75) is 33.1 Å². The highest BCUT2D eigenvalue weighted by atomic mass is 32.1. The molecule has 0 aliphatic heterocycles. The van der Waals surface area contributed by atoms with Gasteiger partial charge in [-0.2, -0.15) is 4.98 Å². The highest BCUT2D eigenvalue weighted by Crippen LogP contribution is 2.36. The van der Waals surface area contributed by atoms with Crippen molar-refractivity contribution in [1.29, 1.82) is 0 Å². The molecule has 1 fully saturated rings. The van der Waals surface area contributed by atoms with Crippen LogP contribution in [-0.2, 0) is 0 Å². The fourth-order valence-corrected chi connectivity index (χ4v) is 3.16. The van der Waals surface area contributed by atoms with E-state index >= 15 is 0 Å². The van der Waals surface area contributed by atoms with Crippen LogP contribution in [0.4, 0.5) is 11.8 Å². The van der Waals surface area contributed by atoms with Gasteiger partial charge in [0.1, 0.15) is 10.6 Å². The quantitative estimate of drug-likeness (QED) is 0.810. The van der Waals surface area contributed by atoms with Gasteiger partial charge < -0.3 is 10.6 Å². The van der Waals surface area contributed by atoms with E-state index in [1.54, 1.807) is 11.3 Å². The van der Waals surface area contributed by atoms with Gasteiger partial charge in [0.15, 0.2) is 0 Å². The minimum Gasteiger partial charge on any atom is -0.369 e. The summed E-state index contributed by atoms with van der Waals surface area (Å²) in [6.45, 7) is 6.38. The van der Waals surface area contributed by atoms with Gasteiger partial charge in [-0.1, -0.05) is 13.8 Å². The maximum absolute atomic E-state index is 4.64. The van der Waals surface area contributed by atoms with Crippen molar-refractivity contribution in [3.63, 3.8) is 0 Å². The van der Waals surface area contributed by atoms with Gasteiger partial charge in [0.25, 0.3) is 0 Å². The third-order valence-corrected chi connectivity index (χ3v) is 4.68. The van der Waals surface area contributed by atoms with Crippen molar-refractivity contribution in [2.24, 2.45) is 11.8 Å². The summed E-state index contributed by atoms with van der Waals surface area (Å²) < 4.78 is 0. The number of nitrogens with zero attached hydrogens (tertiary/aromatic N) is 2. The smallest absolute Gasteiger partial charge is 0.226 e. The van der Waals surface area contributed by atoms with E-state index in [2.05, 4.69) is 45.9 Å². The molecule has 108 valence electrons. The van der Waals surface area contributed by atoms with E-state index in [0.717, 1.165) is 53.3 Å². The minimum atomic E-state index is 0.728. The van der Waals surface area contributed by atoms with Crippen LogP contribution in [0.2, 0.25) is 0 Å². The van der Waals surface area contributed by atoms with E-state index in [1.807, 2.05) is 0 Å². The summed E-state index contributed by atoms with van der Waals surface area (Å²) in [4.78, 5) is 10.3. The molecule has 0 amide bonds. The average Bonchev–Trinajstić information content (AvgIpc) is 3.20. The predicted molar refractivity (Wildman–Crippen MR) is 86.6 cm³/mol. The third-order valence-electron chi connectivity index (χ3n) is 3.88. The molecule has 1 saturated carbocycles. The summed E-state index contributed by atoms with van der Waals surface area (Å²) in [5.74, 6) is 3.36. The first-order chi connectivity index (χ1) is 9.78. The lowest BCUT2D eigenvalue weighted by atomic mass is 10.1. The minimum absolute atomic E-state index is 0.728. The topological polar surface area (TPSA) is 49.8 Å². The summed E-state index contributed by atoms with van der Waals surface area (Å²) >= 11 is 1.67. The van der Waals surface area contributed by atoms with E-state index in [-0.39, 0.29) is 0 Å². The van der Waals surface area contributed by atoms with Crippen LogP contribution in [-0.4, -0.2) is 23.1 Å². The van der Waals surface area contributed by atoms with E-state index in [4.69, 9.17) is 0 Å². The first kappa shape index (κ1) is 13.6. The summed E-state index contributed by atoms with van der Waals surface area (Å²) in [7, 11) is 0. The van der Waals surface area contributed by atoms with E-state index < -0.39 is 0 Å². The number of hydrogen-bond donors (Lipinski definition) is 2. The van der Waals surface area contributed by atoms with Crippen LogP contribution in [0, 0.1) is 11.8 Å². The molecule has 0 saturated heterocycles. The Labute approximate surface area is 124 Å².